The molecule has 3 aliphatic carbocycles. The number of fused-ring (bicyclic) bond motifs is 2. The van der Waals surface area contributed by atoms with E-state index in [1.54, 1.807) is 0 Å². The Kier molecular flexibility index (Phi) is 5.38. The first kappa shape index (κ1) is 18.1. The van der Waals surface area contributed by atoms with E-state index in [0.29, 0.717) is 23.8 Å². The van der Waals surface area contributed by atoms with Gasteiger partial charge in [-0.3, -0.25) is 4.79 Å². The Bertz CT molecular complexity index is 639. The molecule has 0 heterocycles. The van der Waals surface area contributed by atoms with Crippen LogP contribution in [0.1, 0.15) is 77.2 Å². The first-order valence-electron chi connectivity index (χ1n) is 11.1. The van der Waals surface area contributed by atoms with Crippen molar-refractivity contribution in [3.63, 3.8) is 0 Å². The van der Waals surface area contributed by atoms with E-state index in [9.17, 15) is 4.79 Å². The second-order valence-electron chi connectivity index (χ2n) is 9.26. The summed E-state index contributed by atoms with van der Waals surface area (Å²) in [6.07, 6.45) is 12.3. The third-order valence-electron chi connectivity index (χ3n) is 7.62. The minimum atomic E-state index is 0.398. The number of hydrogen-bond donors (Lipinski definition) is 0. The van der Waals surface area contributed by atoms with Gasteiger partial charge in [-0.25, -0.2) is 0 Å². The van der Waals surface area contributed by atoms with E-state index < -0.39 is 0 Å². The van der Waals surface area contributed by atoms with E-state index >= 15 is 0 Å². The molecule has 1 aromatic carbocycles. The van der Waals surface area contributed by atoms with Crippen LogP contribution in [0.3, 0.4) is 0 Å². The SMILES string of the molecule is CCc1cccc(N(C(=O)CC2CCCCC2C)C2CC3CCC2C3)c1. The van der Waals surface area contributed by atoms with Crippen molar-refractivity contribution in [3.05, 3.63) is 29.8 Å². The second-order valence-corrected chi connectivity index (χ2v) is 9.26. The highest BCUT2D eigenvalue weighted by Gasteiger charge is 2.44. The van der Waals surface area contributed by atoms with Crippen LogP contribution in [0.5, 0.6) is 0 Å². The van der Waals surface area contributed by atoms with Crippen molar-refractivity contribution < 1.29 is 4.79 Å². The van der Waals surface area contributed by atoms with E-state index in [0.717, 1.165) is 30.4 Å². The van der Waals surface area contributed by atoms with Gasteiger partial charge in [0.15, 0.2) is 0 Å². The first-order chi connectivity index (χ1) is 12.7. The lowest BCUT2D eigenvalue weighted by molar-refractivity contribution is -0.120. The molecule has 0 saturated heterocycles. The standard InChI is InChI=1S/C24H35NO/c1-3-18-8-6-10-22(14-18)25(23-15-19-11-12-21(23)13-19)24(26)16-20-9-5-4-7-17(20)2/h6,8,10,14,17,19-21,23H,3-5,7,9,11-13,15-16H2,1-2H3. The minimum Gasteiger partial charge on any atom is -0.309 e. The highest BCUT2D eigenvalue weighted by atomic mass is 16.2. The fourth-order valence-corrected chi connectivity index (χ4v) is 5.99. The summed E-state index contributed by atoms with van der Waals surface area (Å²) in [6, 6.07) is 9.23. The Balaban J connectivity index is 1.58. The van der Waals surface area contributed by atoms with E-state index in [1.807, 2.05) is 0 Å². The summed E-state index contributed by atoms with van der Waals surface area (Å²) < 4.78 is 0. The predicted molar refractivity (Wildman–Crippen MR) is 108 cm³/mol. The van der Waals surface area contributed by atoms with E-state index in [1.165, 1.54) is 56.9 Å². The number of nitrogens with zero attached hydrogens (tertiary/aromatic N) is 1. The number of carbonyl (C=O) groups excluding carboxylic acids is 1. The van der Waals surface area contributed by atoms with Gasteiger partial charge < -0.3 is 4.90 Å². The van der Waals surface area contributed by atoms with Gasteiger partial charge in [0.05, 0.1) is 0 Å². The maximum atomic E-state index is 13.5. The summed E-state index contributed by atoms with van der Waals surface area (Å²) in [5.74, 6) is 3.29. The molecule has 26 heavy (non-hydrogen) atoms. The Morgan fingerprint density at radius 3 is 2.65 bits per heavy atom. The highest BCUT2D eigenvalue weighted by Crippen LogP contribution is 2.48. The van der Waals surface area contributed by atoms with Crippen LogP contribution in [0.25, 0.3) is 0 Å². The smallest absolute Gasteiger partial charge is 0.227 e. The summed E-state index contributed by atoms with van der Waals surface area (Å²) in [5.41, 5.74) is 2.50. The van der Waals surface area contributed by atoms with Gasteiger partial charge in [0.25, 0.3) is 0 Å². The van der Waals surface area contributed by atoms with Gasteiger partial charge in [-0.1, -0.05) is 51.7 Å². The maximum absolute atomic E-state index is 13.5. The van der Waals surface area contributed by atoms with Crippen molar-refractivity contribution in [2.45, 2.75) is 84.1 Å². The van der Waals surface area contributed by atoms with Crippen molar-refractivity contribution in [2.75, 3.05) is 4.90 Å². The molecular formula is C24H35NO. The molecule has 0 aliphatic heterocycles. The van der Waals surface area contributed by atoms with E-state index in [-0.39, 0.29) is 0 Å². The van der Waals surface area contributed by atoms with Crippen LogP contribution >= 0.6 is 0 Å². The Morgan fingerprint density at radius 1 is 1.12 bits per heavy atom. The highest BCUT2D eigenvalue weighted by molar-refractivity contribution is 5.94. The molecule has 0 N–H and O–H groups in total. The third-order valence-corrected chi connectivity index (χ3v) is 7.62. The lowest BCUT2D eigenvalue weighted by atomic mass is 9.78. The lowest BCUT2D eigenvalue weighted by Crippen LogP contribution is -2.44. The van der Waals surface area contributed by atoms with Gasteiger partial charge in [0, 0.05) is 18.2 Å². The number of aryl methyl sites for hydroxylation is 1. The van der Waals surface area contributed by atoms with E-state index in [2.05, 4.69) is 43.0 Å². The summed E-state index contributed by atoms with van der Waals surface area (Å²) in [7, 11) is 0. The molecule has 0 radical (unpaired) electrons. The van der Waals surface area contributed by atoms with Crippen molar-refractivity contribution in [1.82, 2.24) is 0 Å². The monoisotopic (exact) mass is 353 g/mol. The van der Waals surface area contributed by atoms with Crippen LogP contribution in [0.2, 0.25) is 0 Å². The third kappa shape index (κ3) is 3.57. The van der Waals surface area contributed by atoms with Crippen molar-refractivity contribution >= 4 is 11.6 Å². The zero-order valence-corrected chi connectivity index (χ0v) is 16.6. The fourth-order valence-electron chi connectivity index (χ4n) is 5.99. The summed E-state index contributed by atoms with van der Waals surface area (Å²) in [5, 5.41) is 0. The normalized spacial score (nSPS) is 33.4. The number of rotatable bonds is 5. The van der Waals surface area contributed by atoms with Crippen LogP contribution in [0.15, 0.2) is 24.3 Å². The molecule has 4 rings (SSSR count). The molecule has 3 saturated carbocycles. The Morgan fingerprint density at radius 2 is 1.96 bits per heavy atom. The molecule has 2 nitrogen and oxygen atoms in total. The zero-order valence-electron chi connectivity index (χ0n) is 16.6. The summed E-state index contributed by atoms with van der Waals surface area (Å²) in [6.45, 7) is 4.56. The number of carbonyl (C=O) groups is 1. The average molecular weight is 354 g/mol. The molecule has 1 aromatic rings. The quantitative estimate of drug-likeness (QED) is 0.637. The summed E-state index contributed by atoms with van der Waals surface area (Å²) >= 11 is 0. The van der Waals surface area contributed by atoms with Crippen LogP contribution in [-0.2, 0) is 11.2 Å². The number of anilines is 1. The van der Waals surface area contributed by atoms with Gasteiger partial charge in [0.2, 0.25) is 5.91 Å². The maximum Gasteiger partial charge on any atom is 0.227 e. The van der Waals surface area contributed by atoms with Crippen LogP contribution in [0.4, 0.5) is 5.69 Å². The van der Waals surface area contributed by atoms with Crippen molar-refractivity contribution in [3.8, 4) is 0 Å². The molecule has 142 valence electrons. The molecule has 2 bridgehead atoms. The van der Waals surface area contributed by atoms with Gasteiger partial charge in [-0.15, -0.1) is 0 Å². The van der Waals surface area contributed by atoms with Crippen molar-refractivity contribution in [2.24, 2.45) is 23.7 Å². The topological polar surface area (TPSA) is 20.3 Å². The van der Waals surface area contributed by atoms with Gasteiger partial charge in [-0.2, -0.15) is 0 Å². The van der Waals surface area contributed by atoms with Gasteiger partial charge >= 0.3 is 0 Å². The van der Waals surface area contributed by atoms with Crippen LogP contribution in [0, 0.1) is 23.7 Å². The predicted octanol–water partition coefficient (Wildman–Crippen LogP) is 5.99. The molecular weight excluding hydrogens is 318 g/mol. The molecule has 1 amide bonds. The van der Waals surface area contributed by atoms with Gasteiger partial charge in [-0.05, 0) is 73.5 Å². The summed E-state index contributed by atoms with van der Waals surface area (Å²) in [4.78, 5) is 15.8. The number of amides is 1. The fraction of sp³-hybridized carbons (Fsp3) is 0.708. The number of hydrogen-bond acceptors (Lipinski definition) is 1. The molecule has 5 atom stereocenters. The molecule has 2 heteroatoms. The zero-order chi connectivity index (χ0) is 18.1. The molecule has 5 unspecified atom stereocenters. The van der Waals surface area contributed by atoms with Crippen LogP contribution < -0.4 is 4.90 Å². The second kappa shape index (κ2) is 7.74. The first-order valence-corrected chi connectivity index (χ1v) is 11.1. The van der Waals surface area contributed by atoms with E-state index in [4.69, 9.17) is 0 Å². The minimum absolute atomic E-state index is 0.398. The van der Waals surface area contributed by atoms with Crippen LogP contribution in [-0.4, -0.2) is 11.9 Å². The largest absolute Gasteiger partial charge is 0.309 e. The Hall–Kier alpha value is -1.31. The van der Waals surface area contributed by atoms with Gasteiger partial charge in [0.1, 0.15) is 0 Å². The molecule has 0 spiro atoms. The average Bonchev–Trinajstić information content (AvgIpc) is 3.27. The molecule has 3 fully saturated rings. The molecule has 3 aliphatic rings. The Labute approximate surface area is 159 Å². The molecule has 0 aromatic heterocycles. The lowest BCUT2D eigenvalue weighted by Gasteiger charge is -2.37. The van der Waals surface area contributed by atoms with Crippen molar-refractivity contribution in [1.29, 1.82) is 0 Å². The number of benzene rings is 1.